The highest BCUT2D eigenvalue weighted by Gasteiger charge is 2.02. The van der Waals surface area contributed by atoms with E-state index >= 15 is 0 Å². The molecule has 20 heavy (non-hydrogen) atoms. The Bertz CT molecular complexity index is 445. The lowest BCUT2D eigenvalue weighted by molar-refractivity contribution is -0.140. The van der Waals surface area contributed by atoms with Crippen LogP contribution in [0.1, 0.15) is 23.2 Å². The van der Waals surface area contributed by atoms with Crippen LogP contribution in [0.15, 0.2) is 11.2 Å². The molecule has 0 bridgehead atoms. The summed E-state index contributed by atoms with van der Waals surface area (Å²) in [5, 5.41) is 7.33. The van der Waals surface area contributed by atoms with Gasteiger partial charge < -0.3 is 15.4 Å². The number of ether oxygens (including phenoxy) is 1. The van der Waals surface area contributed by atoms with Crippen LogP contribution in [0.5, 0.6) is 0 Å². The topological polar surface area (TPSA) is 75.6 Å². The number of guanidine groups is 1. The molecule has 0 aliphatic carbocycles. The van der Waals surface area contributed by atoms with Crippen LogP contribution in [0.3, 0.4) is 0 Å². The van der Waals surface area contributed by atoms with Crippen molar-refractivity contribution in [1.82, 2.24) is 15.6 Å². The summed E-state index contributed by atoms with van der Waals surface area (Å²) in [7, 11) is 1.39. The molecule has 2 N–H and O–H groups in total. The summed E-state index contributed by atoms with van der Waals surface area (Å²) in [5.41, 5.74) is 0. The van der Waals surface area contributed by atoms with Crippen LogP contribution in [-0.4, -0.2) is 43.7 Å². The molecule has 0 saturated carbocycles. The van der Waals surface area contributed by atoms with E-state index in [0.717, 1.165) is 18.0 Å². The zero-order chi connectivity index (χ0) is 14.8. The third-order valence-corrected chi connectivity index (χ3v) is 3.43. The van der Waals surface area contributed by atoms with E-state index in [0.29, 0.717) is 25.5 Å². The second kappa shape index (κ2) is 9.30. The predicted molar refractivity (Wildman–Crippen MR) is 81.2 cm³/mol. The van der Waals surface area contributed by atoms with Gasteiger partial charge in [-0.3, -0.25) is 9.79 Å². The van der Waals surface area contributed by atoms with Gasteiger partial charge in [0.15, 0.2) is 5.96 Å². The second-order valence-corrected chi connectivity index (χ2v) is 5.45. The lowest BCUT2D eigenvalue weighted by atomic mass is 10.4. The Hall–Kier alpha value is -1.63. The van der Waals surface area contributed by atoms with Gasteiger partial charge in [0.25, 0.3) is 0 Å². The Morgan fingerprint density at radius 2 is 2.30 bits per heavy atom. The maximum Gasteiger partial charge on any atom is 0.307 e. The largest absolute Gasteiger partial charge is 0.469 e. The third-order valence-electron chi connectivity index (χ3n) is 2.46. The summed E-state index contributed by atoms with van der Waals surface area (Å²) < 4.78 is 4.59. The van der Waals surface area contributed by atoms with Crippen molar-refractivity contribution in [3.05, 3.63) is 16.1 Å². The fourth-order valence-corrected chi connectivity index (χ4v) is 2.28. The first-order chi connectivity index (χ1) is 9.65. The summed E-state index contributed by atoms with van der Waals surface area (Å²) in [6.45, 7) is 6.00. The molecule has 0 spiro atoms. The zero-order valence-corrected chi connectivity index (χ0v) is 13.0. The number of nitrogens with zero attached hydrogens (tertiary/aromatic N) is 2. The van der Waals surface area contributed by atoms with E-state index < -0.39 is 0 Å². The number of methoxy groups -OCH3 is 1. The lowest BCUT2D eigenvalue weighted by Crippen LogP contribution is -2.38. The molecule has 1 rings (SSSR count). The van der Waals surface area contributed by atoms with Crippen molar-refractivity contribution in [1.29, 1.82) is 0 Å². The molecule has 0 aromatic carbocycles. The van der Waals surface area contributed by atoms with Gasteiger partial charge in [0.2, 0.25) is 0 Å². The fraction of sp³-hybridized carbons (Fsp3) is 0.615. The van der Waals surface area contributed by atoms with E-state index in [1.165, 1.54) is 12.0 Å². The number of rotatable bonds is 7. The van der Waals surface area contributed by atoms with Gasteiger partial charge in [0.05, 0.1) is 18.5 Å². The van der Waals surface area contributed by atoms with Gasteiger partial charge in [0, 0.05) is 37.1 Å². The minimum absolute atomic E-state index is 0.230. The molecule has 0 radical (unpaired) electrons. The van der Waals surface area contributed by atoms with Crippen molar-refractivity contribution in [3.8, 4) is 0 Å². The number of aliphatic imine (C=N–C) groups is 1. The number of carbonyl (C=O) groups is 1. The molecule has 0 unspecified atom stereocenters. The Kier molecular flexibility index (Phi) is 7.64. The van der Waals surface area contributed by atoms with Crippen LogP contribution in [0.4, 0.5) is 0 Å². The monoisotopic (exact) mass is 298 g/mol. The summed E-state index contributed by atoms with van der Waals surface area (Å²) in [5.74, 6) is 0.483. The molecule has 1 heterocycles. The Morgan fingerprint density at radius 3 is 2.90 bits per heavy atom. The minimum atomic E-state index is -0.230. The average Bonchev–Trinajstić information content (AvgIpc) is 2.84. The summed E-state index contributed by atoms with van der Waals surface area (Å²) in [6, 6.07) is 0. The number of nitrogens with one attached hydrogen (secondary N) is 2. The van der Waals surface area contributed by atoms with Crippen LogP contribution in [-0.2, 0) is 16.0 Å². The first-order valence-electron chi connectivity index (χ1n) is 6.66. The average molecular weight is 298 g/mol. The van der Waals surface area contributed by atoms with Crippen molar-refractivity contribution in [2.45, 2.75) is 26.7 Å². The molecule has 1 aromatic heterocycles. The zero-order valence-electron chi connectivity index (χ0n) is 12.2. The maximum atomic E-state index is 11.0. The highest BCUT2D eigenvalue weighted by molar-refractivity contribution is 7.11. The van der Waals surface area contributed by atoms with Crippen LogP contribution in [0.25, 0.3) is 0 Å². The number of hydrogen-bond acceptors (Lipinski definition) is 5. The number of aryl methyl sites for hydroxylation is 1. The quantitative estimate of drug-likeness (QED) is 0.448. The molecule has 1 aromatic rings. The van der Waals surface area contributed by atoms with Gasteiger partial charge in [-0.15, -0.1) is 11.3 Å². The first kappa shape index (κ1) is 16.4. The second-order valence-electron chi connectivity index (χ2n) is 4.13. The van der Waals surface area contributed by atoms with Crippen molar-refractivity contribution < 1.29 is 9.53 Å². The molecule has 0 aliphatic heterocycles. The molecule has 112 valence electrons. The van der Waals surface area contributed by atoms with Crippen molar-refractivity contribution >= 4 is 23.3 Å². The van der Waals surface area contributed by atoms with Gasteiger partial charge in [0.1, 0.15) is 0 Å². The highest BCUT2D eigenvalue weighted by atomic mass is 32.1. The Labute approximate surface area is 123 Å². The molecular weight excluding hydrogens is 276 g/mol. The summed E-state index contributed by atoms with van der Waals surface area (Å²) >= 11 is 1.70. The summed E-state index contributed by atoms with van der Waals surface area (Å²) in [4.78, 5) is 21.0. The first-order valence-corrected chi connectivity index (χ1v) is 7.47. The van der Waals surface area contributed by atoms with Crippen molar-refractivity contribution in [3.63, 3.8) is 0 Å². The number of thiazole rings is 1. The van der Waals surface area contributed by atoms with E-state index in [1.807, 2.05) is 20.0 Å². The third kappa shape index (κ3) is 6.51. The number of esters is 1. The summed E-state index contributed by atoms with van der Waals surface area (Å²) in [6.07, 6.45) is 3.03. The normalized spacial score (nSPS) is 11.2. The standard InChI is InChI=1S/C13H22N4O2S/c1-4-14-13(16-8-6-12(18)19-3)15-7-5-11-17-9-10(2)20-11/h9H,4-8H2,1-3H3,(H2,14,15,16). The van der Waals surface area contributed by atoms with E-state index in [-0.39, 0.29) is 5.97 Å². The molecule has 0 amide bonds. The minimum Gasteiger partial charge on any atom is -0.469 e. The molecule has 0 fully saturated rings. The van der Waals surface area contributed by atoms with Gasteiger partial charge >= 0.3 is 5.97 Å². The Balaban J connectivity index is 2.35. The van der Waals surface area contributed by atoms with Gasteiger partial charge in [-0.05, 0) is 13.8 Å². The van der Waals surface area contributed by atoms with E-state index in [4.69, 9.17) is 0 Å². The van der Waals surface area contributed by atoms with Gasteiger partial charge in [-0.1, -0.05) is 0 Å². The lowest BCUT2D eigenvalue weighted by Gasteiger charge is -2.10. The fourth-order valence-electron chi connectivity index (χ4n) is 1.51. The van der Waals surface area contributed by atoms with E-state index in [9.17, 15) is 4.79 Å². The van der Waals surface area contributed by atoms with E-state index in [1.54, 1.807) is 11.3 Å². The van der Waals surface area contributed by atoms with Crippen LogP contribution >= 0.6 is 11.3 Å². The highest BCUT2D eigenvalue weighted by Crippen LogP contribution is 2.11. The predicted octanol–water partition coefficient (Wildman–Crippen LogP) is 1.11. The van der Waals surface area contributed by atoms with Crippen molar-refractivity contribution in [2.24, 2.45) is 4.99 Å². The molecule has 0 aliphatic rings. The van der Waals surface area contributed by atoms with Crippen LogP contribution < -0.4 is 10.6 Å². The molecule has 0 saturated heterocycles. The van der Waals surface area contributed by atoms with Gasteiger partial charge in [-0.25, -0.2) is 4.98 Å². The number of carbonyl (C=O) groups excluding carboxylic acids is 1. The van der Waals surface area contributed by atoms with Crippen molar-refractivity contribution in [2.75, 3.05) is 26.7 Å². The number of hydrogen-bond donors (Lipinski definition) is 2. The Morgan fingerprint density at radius 1 is 1.50 bits per heavy atom. The van der Waals surface area contributed by atoms with E-state index in [2.05, 4.69) is 25.3 Å². The number of aromatic nitrogens is 1. The molecule has 0 atom stereocenters. The SMILES string of the molecule is CCNC(=NCCc1ncc(C)s1)NCCC(=O)OC. The maximum absolute atomic E-state index is 11.0. The van der Waals surface area contributed by atoms with Gasteiger partial charge in [-0.2, -0.15) is 0 Å². The smallest absolute Gasteiger partial charge is 0.307 e. The molecule has 7 heteroatoms. The van der Waals surface area contributed by atoms with Crippen LogP contribution in [0.2, 0.25) is 0 Å². The molecule has 6 nitrogen and oxygen atoms in total. The van der Waals surface area contributed by atoms with Crippen LogP contribution in [0, 0.1) is 6.92 Å². The molecular formula is C13H22N4O2S.